The molecule has 5 heteroatoms. The summed E-state index contributed by atoms with van der Waals surface area (Å²) in [6, 6.07) is 159. The van der Waals surface area contributed by atoms with Gasteiger partial charge in [0.15, 0.2) is 0 Å². The SMILES string of the molecule is c1ccc(N(c2ccccc2)c2ccc(-c3cc[c]([Ge]([c]4ccc(-c5ccc(N(c6ccccc6)c6ccccc6)cc5)cc4)([c]4ccc(-c5ccc(N(c6ccccc6)c6ccccc6)cc5)cc4)[c]4ccc(-c5ccc(N(c6ccccc6)c6ccccc6)cc5)cc4)cc3)cc2)cc1. The van der Waals surface area contributed by atoms with Crippen molar-refractivity contribution in [2.75, 3.05) is 19.6 Å². The summed E-state index contributed by atoms with van der Waals surface area (Å²) in [6.07, 6.45) is 0. The Hall–Kier alpha value is -12.7. The molecule has 0 bridgehead atoms. The third kappa shape index (κ3) is 13.2. The van der Waals surface area contributed by atoms with Crippen LogP contribution in [0.15, 0.2) is 437 Å². The molecule has 0 spiro atoms. The van der Waals surface area contributed by atoms with E-state index in [1.165, 1.54) is 17.6 Å². The molecule has 0 aromatic heterocycles. The number of para-hydroxylation sites is 8. The summed E-state index contributed by atoms with van der Waals surface area (Å²) in [6.45, 7) is 0. The van der Waals surface area contributed by atoms with Gasteiger partial charge in [-0.2, -0.15) is 0 Å². The molecule has 0 saturated heterocycles. The van der Waals surface area contributed by atoms with Crippen LogP contribution in [-0.4, -0.2) is 13.3 Å². The van der Waals surface area contributed by atoms with E-state index < -0.39 is 13.3 Å². The zero-order chi connectivity index (χ0) is 67.6. The quantitative estimate of drug-likeness (QED) is 0.0705. The number of benzene rings is 16. The summed E-state index contributed by atoms with van der Waals surface area (Å²) in [5.41, 5.74) is 22.5. The first kappa shape index (κ1) is 63.0. The van der Waals surface area contributed by atoms with Crippen molar-refractivity contribution in [3.8, 4) is 44.5 Å². The van der Waals surface area contributed by atoms with E-state index in [0.717, 1.165) is 113 Å². The van der Waals surface area contributed by atoms with Gasteiger partial charge in [0.25, 0.3) is 0 Å². The van der Waals surface area contributed by atoms with Crippen molar-refractivity contribution < 1.29 is 0 Å². The molecule has 0 fully saturated rings. The summed E-state index contributed by atoms with van der Waals surface area (Å²) in [5, 5.41) is 0. The van der Waals surface area contributed by atoms with Crippen LogP contribution >= 0.6 is 0 Å². The van der Waals surface area contributed by atoms with Crippen molar-refractivity contribution in [2.24, 2.45) is 0 Å². The molecule has 16 aromatic carbocycles. The van der Waals surface area contributed by atoms with E-state index >= 15 is 0 Å². The van der Waals surface area contributed by atoms with Crippen LogP contribution in [0.3, 0.4) is 0 Å². The molecular weight excluding hydrogens is 1280 g/mol. The number of rotatable bonds is 20. The van der Waals surface area contributed by atoms with E-state index in [-0.39, 0.29) is 0 Å². The molecule has 0 unspecified atom stereocenters. The zero-order valence-corrected chi connectivity index (χ0v) is 58.0. The summed E-state index contributed by atoms with van der Waals surface area (Å²) < 4.78 is 5.34. The van der Waals surface area contributed by atoms with Crippen molar-refractivity contribution in [3.63, 3.8) is 0 Å². The molecule has 0 amide bonds. The second-order valence-electron chi connectivity index (χ2n) is 25.3. The average molecular weight is 1350 g/mol. The first-order valence-corrected chi connectivity index (χ1v) is 38.7. The predicted octanol–water partition coefficient (Wildman–Crippen LogP) is 23.6. The molecule has 101 heavy (non-hydrogen) atoms. The molecule has 0 atom stereocenters. The van der Waals surface area contributed by atoms with E-state index in [4.69, 9.17) is 0 Å². The van der Waals surface area contributed by atoms with Gasteiger partial charge in [0, 0.05) is 0 Å². The molecule has 16 aromatic rings. The van der Waals surface area contributed by atoms with Crippen molar-refractivity contribution >= 4 is 99.1 Å². The fraction of sp³-hybridized carbons (Fsp3) is 0. The fourth-order valence-corrected chi connectivity index (χ4v) is 24.1. The van der Waals surface area contributed by atoms with Crippen LogP contribution in [0.4, 0.5) is 68.2 Å². The van der Waals surface area contributed by atoms with Gasteiger partial charge in [-0.05, 0) is 0 Å². The molecule has 0 saturated carbocycles. The normalized spacial score (nSPS) is 11.2. The molecule has 0 N–H and O–H groups in total. The number of hydrogen-bond acceptors (Lipinski definition) is 4. The van der Waals surface area contributed by atoms with Gasteiger partial charge in [-0.3, -0.25) is 0 Å². The Kier molecular flexibility index (Phi) is 18.2. The molecule has 0 aliphatic rings. The van der Waals surface area contributed by atoms with Gasteiger partial charge < -0.3 is 0 Å². The van der Waals surface area contributed by atoms with Crippen LogP contribution in [-0.2, 0) is 0 Å². The standard InChI is InChI=1S/C96H72GeN4/c1-9-25-85(26-10-1)98(86-27-11-2-12-28-86)93-65-49-77(50-66-93)73-41-57-81(58-42-73)97(82-59-43-74(44-60-82)78-51-67-94(68-52-78)99(87-29-13-3-14-30-87)88-31-15-4-16-32-88,83-61-45-75(46-62-83)79-53-69-95(70-54-79)100(89-33-17-5-18-34-89)90-35-19-6-20-36-90)84-63-47-76(48-64-84)80-55-71-96(72-56-80)101(91-37-21-7-22-38-91)92-39-23-8-24-40-92/h1-72H. The zero-order valence-electron chi connectivity index (χ0n) is 55.9. The van der Waals surface area contributed by atoms with Crippen molar-refractivity contribution in [3.05, 3.63) is 437 Å². The Morgan fingerprint density at radius 1 is 0.109 bits per heavy atom. The second-order valence-corrected chi connectivity index (χ2v) is 33.3. The molecule has 0 aliphatic carbocycles. The van der Waals surface area contributed by atoms with Gasteiger partial charge >= 0.3 is 551 Å². The van der Waals surface area contributed by atoms with Crippen LogP contribution in [0.2, 0.25) is 0 Å². The van der Waals surface area contributed by atoms with Crippen molar-refractivity contribution in [1.82, 2.24) is 0 Å². The van der Waals surface area contributed by atoms with Crippen LogP contribution in [0.1, 0.15) is 0 Å². The molecule has 4 nitrogen and oxygen atoms in total. The van der Waals surface area contributed by atoms with Gasteiger partial charge in [-0.1, -0.05) is 48.5 Å². The number of anilines is 12. The Labute approximate surface area is 595 Å². The topological polar surface area (TPSA) is 13.0 Å². The van der Waals surface area contributed by atoms with Crippen molar-refractivity contribution in [2.45, 2.75) is 0 Å². The van der Waals surface area contributed by atoms with Gasteiger partial charge in [0.05, 0.1) is 0 Å². The molecule has 16 rings (SSSR count). The van der Waals surface area contributed by atoms with Gasteiger partial charge in [-0.25, -0.2) is 0 Å². The molecule has 0 aliphatic heterocycles. The third-order valence-corrected chi connectivity index (χ3v) is 29.3. The van der Waals surface area contributed by atoms with E-state index in [1.54, 1.807) is 0 Å². The molecular formula is C96H72GeN4. The van der Waals surface area contributed by atoms with Crippen LogP contribution in [0.5, 0.6) is 0 Å². The van der Waals surface area contributed by atoms with Crippen molar-refractivity contribution in [1.29, 1.82) is 0 Å². The first-order chi connectivity index (χ1) is 50.1. The number of hydrogen-bond donors (Lipinski definition) is 0. The average Bonchev–Trinajstić information content (AvgIpc) is 0.728. The molecule has 480 valence electrons. The summed E-state index contributed by atoms with van der Waals surface area (Å²) >= 11 is -4.06. The maximum atomic E-state index is 2.44. The Balaban J connectivity index is 0.813. The predicted molar refractivity (Wildman–Crippen MR) is 431 cm³/mol. The Morgan fingerprint density at radius 2 is 0.218 bits per heavy atom. The third-order valence-electron chi connectivity index (χ3n) is 19.2. The van der Waals surface area contributed by atoms with E-state index in [9.17, 15) is 0 Å². The Morgan fingerprint density at radius 3 is 0.347 bits per heavy atom. The summed E-state index contributed by atoms with van der Waals surface area (Å²) in [4.78, 5) is 9.27. The van der Waals surface area contributed by atoms with E-state index in [2.05, 4.69) is 456 Å². The Bertz CT molecular complexity index is 4450. The van der Waals surface area contributed by atoms with Gasteiger partial charge in [-0.15, -0.1) is 0 Å². The van der Waals surface area contributed by atoms with Gasteiger partial charge in [0.1, 0.15) is 0 Å². The van der Waals surface area contributed by atoms with E-state index in [0.29, 0.717) is 0 Å². The summed E-state index contributed by atoms with van der Waals surface area (Å²) in [7, 11) is 0. The minimum absolute atomic E-state index is 1.10. The summed E-state index contributed by atoms with van der Waals surface area (Å²) in [5.74, 6) is 0. The molecule has 0 heterocycles. The van der Waals surface area contributed by atoms with E-state index in [1.807, 2.05) is 0 Å². The van der Waals surface area contributed by atoms with Gasteiger partial charge in [0.2, 0.25) is 0 Å². The first-order valence-electron chi connectivity index (χ1n) is 34.5. The van der Waals surface area contributed by atoms with Crippen LogP contribution < -0.4 is 37.2 Å². The molecule has 0 radical (unpaired) electrons. The number of nitrogens with zero attached hydrogens (tertiary/aromatic N) is 4. The monoisotopic (exact) mass is 1350 g/mol. The fourth-order valence-electron chi connectivity index (χ4n) is 14.3. The van der Waals surface area contributed by atoms with Crippen LogP contribution in [0.25, 0.3) is 44.5 Å². The van der Waals surface area contributed by atoms with Crippen LogP contribution in [0, 0.1) is 0 Å². The minimum atomic E-state index is -4.06. The maximum absolute atomic E-state index is 4.06. The second kappa shape index (κ2) is 29.1.